The molecule has 0 saturated heterocycles. The van der Waals surface area contributed by atoms with Crippen LogP contribution >= 0.6 is 0 Å². The molecule has 4 rings (SSSR count). The number of aryl methyl sites for hydroxylation is 6. The molecule has 0 aliphatic heterocycles. The molecule has 0 fully saturated rings. The summed E-state index contributed by atoms with van der Waals surface area (Å²) in [6, 6.07) is 12.4. The Bertz CT molecular complexity index is 1370. The molecule has 6 nitrogen and oxygen atoms in total. The molecule has 54 heavy (non-hydrogen) atoms. The molecule has 24 heteroatoms. The summed E-state index contributed by atoms with van der Waals surface area (Å²) in [4.78, 5) is 25.8. The van der Waals surface area contributed by atoms with E-state index in [1.54, 1.807) is 260 Å². The molecule has 0 N–H and O–H groups in total. The number of hydrogen-bond acceptors (Lipinski definition) is 6. The summed E-state index contributed by atoms with van der Waals surface area (Å²) in [6.07, 6.45) is 0. The first-order chi connectivity index (χ1) is 26.2. The van der Waals surface area contributed by atoms with E-state index in [-0.39, 0.29) is 0 Å². The Labute approximate surface area is 498 Å². The Morgan fingerprint density at radius 3 is 0.741 bits per heavy atom. The van der Waals surface area contributed by atoms with E-state index in [4.69, 9.17) is 0 Å². The zero-order valence-electron chi connectivity index (χ0n) is 30.5. The molecule has 0 spiro atoms. The van der Waals surface area contributed by atoms with Crippen molar-refractivity contribution in [2.45, 2.75) is 69.2 Å². The van der Waals surface area contributed by atoms with Crippen LogP contribution in [0, 0.1) is 41.5 Å². The second-order valence-electron chi connectivity index (χ2n) is 7.77. The van der Waals surface area contributed by atoms with Gasteiger partial charge in [0.25, 0.3) is 0 Å². The van der Waals surface area contributed by atoms with Gasteiger partial charge in [-0.15, -0.1) is 0 Å². The molecule has 296 valence electrons. The predicted octanol–water partition coefficient (Wildman–Crippen LogP) is 6.09. The number of hydrogen-bond donors (Lipinski definition) is 0. The van der Waals surface area contributed by atoms with Gasteiger partial charge < -0.3 is 0 Å². The second-order valence-corrected chi connectivity index (χ2v) is 9.24. The first kappa shape index (κ1) is 79.7. The summed E-state index contributed by atoms with van der Waals surface area (Å²) in [5, 5.41) is 0. The molecule has 0 amide bonds. The van der Waals surface area contributed by atoms with Gasteiger partial charge in [-0.3, -0.25) is 0 Å². The van der Waals surface area contributed by atoms with Crippen molar-refractivity contribution in [2.24, 2.45) is 0 Å². The Morgan fingerprint density at radius 2 is 0.556 bits per heavy atom. The van der Waals surface area contributed by atoms with E-state index < -0.39 is 0 Å². The number of benzene rings is 2. The molecular weight excluding hydrogens is 3750 g/mol. The minimum atomic E-state index is 0.738. The Balaban J connectivity index is -0.0000000893. The molecule has 2 aromatic heterocycles. The van der Waals surface area contributed by atoms with Gasteiger partial charge in [0.15, 0.2) is 0 Å². The van der Waals surface area contributed by atoms with Crippen molar-refractivity contribution in [3.05, 3.63) is 81.9 Å². The predicted molar refractivity (Wildman–Crippen MR) is 150 cm³/mol. The van der Waals surface area contributed by atoms with Crippen molar-refractivity contribution >= 4 is 8.80 Å². The van der Waals surface area contributed by atoms with E-state index >= 15 is 0 Å². The maximum absolute atomic E-state index is 4.37. The van der Waals surface area contributed by atoms with Crippen LogP contribution in [0.15, 0.2) is 36.4 Å². The van der Waals surface area contributed by atoms with Gasteiger partial charge in [-0.05, 0) is 0 Å². The molecular formula is C30H36N6W18-2. The van der Waals surface area contributed by atoms with Gasteiger partial charge in [0.1, 0.15) is 0 Å². The van der Waals surface area contributed by atoms with Crippen molar-refractivity contribution in [1.82, 2.24) is 29.9 Å². The Hall–Kier alpha value is 8.59. The fraction of sp³-hybridized carbons (Fsp3) is 0.333. The second kappa shape index (κ2) is 65.9. The van der Waals surface area contributed by atoms with Gasteiger partial charge in [-0.25, -0.2) is 0 Å². The van der Waals surface area contributed by atoms with E-state index in [1.807, 2.05) is 67.5 Å². The number of rotatable bonds is 4. The van der Waals surface area contributed by atoms with E-state index in [0.29, 0.717) is 0 Å². The average Bonchev–Trinajstić information content (AvgIpc) is 3.25. The topological polar surface area (TPSA) is 77.3 Å². The van der Waals surface area contributed by atoms with Gasteiger partial charge in [-0.1, -0.05) is 27.7 Å². The molecule has 0 aliphatic rings. The third kappa shape index (κ3) is 43.2. The van der Waals surface area contributed by atoms with Crippen LogP contribution in [0.4, 0.5) is 0 Å². The van der Waals surface area contributed by atoms with Crippen LogP contribution in [0.1, 0.15) is 73.2 Å². The van der Waals surface area contributed by atoms with Gasteiger partial charge in [0.2, 0.25) is 0 Å². The van der Waals surface area contributed by atoms with E-state index in [9.17, 15) is 0 Å². The summed E-state index contributed by atoms with van der Waals surface area (Å²) in [6.45, 7) is 19.7. The summed E-state index contributed by atoms with van der Waals surface area (Å²) in [5.41, 5.74) is 6.76. The van der Waals surface area contributed by atoms with Gasteiger partial charge in [0.05, 0.1) is 0 Å². The average molecular weight is 3790 g/mol. The third-order valence-electron chi connectivity index (χ3n) is 4.93. The summed E-state index contributed by atoms with van der Waals surface area (Å²) < 4.78 is 6.49. The molecule has 0 atom stereocenters. The van der Waals surface area contributed by atoms with Crippen LogP contribution in [0.3, 0.4) is 0 Å². The van der Waals surface area contributed by atoms with Crippen LogP contribution in [0.2, 0.25) is 0 Å². The molecule has 0 unspecified atom stereocenters. The van der Waals surface area contributed by atoms with Crippen LogP contribution in [-0.4, -0.2) is 38.7 Å². The molecule has 4 aromatic rings. The standard InChI is InChI=1S/2C13H12N3.2C2H6.18W/c2*1-8-5-6-12(7-9(8)2)13-15-10(3)14-11(4)16-13;2*1-2;;;;;;;;;;;;;;;;;;/h2*5-7H,1,3-4H3;2*1-2H3;;;;;;;;;;;;;;;;;;/q2*-1;;;;;;;;;;;;;;;;;;;;. The van der Waals surface area contributed by atoms with Crippen LogP contribution in [-0.2, 0) is 298 Å². The SMILES string of the molecule is CC.CC.Cc1nc(C)nc(-c2ccc(C)c([C-]=[W])c2)n1.Cc1nc(C)nc(-c2ccc(C)c([C-]=[W])c2)n1.[W]=[W].[W]=[W].[W]=[W].[W]=[W].[W]=[W].[W]=[W].[W]=[W].[W]=[W]. The molecule has 0 aliphatic carbocycles. The van der Waals surface area contributed by atoms with Gasteiger partial charge >= 0.3 is 483 Å². The normalized spacial score (nSPS) is 7.30. The molecule has 0 bridgehead atoms. The van der Waals surface area contributed by atoms with Gasteiger partial charge in [0, 0.05) is 0 Å². The van der Waals surface area contributed by atoms with Crippen molar-refractivity contribution in [3.8, 4) is 22.8 Å². The van der Waals surface area contributed by atoms with Crippen molar-refractivity contribution in [2.75, 3.05) is 0 Å². The monoisotopic (exact) mass is 3790 g/mol. The molecule has 2 heterocycles. The fourth-order valence-corrected chi connectivity index (χ4v) is 4.81. The Morgan fingerprint density at radius 1 is 0.352 bits per heavy atom. The first-order valence-electron chi connectivity index (χ1n) is 13.9. The van der Waals surface area contributed by atoms with Crippen LogP contribution < -0.4 is 0 Å². The fourth-order valence-electron chi connectivity index (χ4n) is 3.23. The van der Waals surface area contributed by atoms with E-state index in [0.717, 1.165) is 57.2 Å². The Kier molecular flexibility index (Phi) is 97.2. The maximum atomic E-state index is 4.37. The van der Waals surface area contributed by atoms with Crippen molar-refractivity contribution < 1.29 is 298 Å². The molecule has 0 radical (unpaired) electrons. The van der Waals surface area contributed by atoms with Crippen molar-refractivity contribution in [1.29, 1.82) is 0 Å². The van der Waals surface area contributed by atoms with Crippen LogP contribution in [0.25, 0.3) is 22.8 Å². The number of nitrogens with zero attached hydrogens (tertiary/aromatic N) is 6. The summed E-state index contributed by atoms with van der Waals surface area (Å²) in [7, 11) is 0. The zero-order valence-corrected chi connectivity index (χ0v) is 83.3. The molecule has 2 aromatic carbocycles. The number of aromatic nitrogens is 6. The van der Waals surface area contributed by atoms with Crippen LogP contribution in [0.5, 0.6) is 0 Å². The molecule has 0 saturated carbocycles. The van der Waals surface area contributed by atoms with E-state index in [1.165, 1.54) is 49.8 Å². The van der Waals surface area contributed by atoms with Crippen molar-refractivity contribution in [3.63, 3.8) is 0 Å². The van der Waals surface area contributed by atoms with E-state index in [2.05, 4.69) is 76.8 Å². The first-order valence-corrected chi connectivity index (χ1v) is 105. The van der Waals surface area contributed by atoms with Gasteiger partial charge in [-0.2, -0.15) is 0 Å². The summed E-state index contributed by atoms with van der Waals surface area (Å²) in [5.74, 6) is 4.49. The third-order valence-corrected chi connectivity index (χ3v) is 6.51. The minimum absolute atomic E-state index is 0.738. The zero-order chi connectivity index (χ0) is 44.8. The summed E-state index contributed by atoms with van der Waals surface area (Å²) >= 11 is 29.3. The quantitative estimate of drug-likeness (QED) is 0.231.